The van der Waals surface area contributed by atoms with Gasteiger partial charge < -0.3 is 9.26 Å². The van der Waals surface area contributed by atoms with Crippen molar-refractivity contribution in [2.75, 3.05) is 6.61 Å². The topological polar surface area (TPSA) is 48.2 Å². The third kappa shape index (κ3) is 3.53. The highest BCUT2D eigenvalue weighted by Crippen LogP contribution is 2.49. The van der Waals surface area contributed by atoms with Gasteiger partial charge in [0.25, 0.3) is 0 Å². The Morgan fingerprint density at radius 1 is 1.07 bits per heavy atom. The second-order valence-electron chi connectivity index (χ2n) is 9.33. The molecule has 0 amide bonds. The van der Waals surface area contributed by atoms with E-state index in [1.165, 1.54) is 23.1 Å². The quantitative estimate of drug-likeness (QED) is 0.519. The molecule has 30 heavy (non-hydrogen) atoms. The predicted molar refractivity (Wildman–Crippen MR) is 117 cm³/mol. The average molecular weight is 403 g/mol. The van der Waals surface area contributed by atoms with Crippen molar-refractivity contribution in [2.45, 2.75) is 63.7 Å². The van der Waals surface area contributed by atoms with Crippen LogP contribution in [0.25, 0.3) is 0 Å². The van der Waals surface area contributed by atoms with Crippen molar-refractivity contribution in [1.82, 2.24) is 10.1 Å². The number of aromatic nitrogens is 2. The van der Waals surface area contributed by atoms with Crippen LogP contribution in [-0.2, 0) is 18.3 Å². The molecule has 2 aromatic carbocycles. The van der Waals surface area contributed by atoms with Gasteiger partial charge in [0, 0.05) is 5.92 Å². The monoisotopic (exact) mass is 402 g/mol. The van der Waals surface area contributed by atoms with E-state index in [9.17, 15) is 0 Å². The first-order chi connectivity index (χ1) is 14.6. The maximum atomic E-state index is 5.88. The van der Waals surface area contributed by atoms with Crippen molar-refractivity contribution in [2.24, 2.45) is 5.92 Å². The van der Waals surface area contributed by atoms with Gasteiger partial charge in [-0.25, -0.2) is 0 Å². The van der Waals surface area contributed by atoms with E-state index in [0.717, 1.165) is 56.2 Å². The maximum Gasteiger partial charge on any atom is 0.237 e. The first-order valence-electron chi connectivity index (χ1n) is 11.3. The van der Waals surface area contributed by atoms with E-state index in [1.807, 2.05) is 0 Å². The van der Waals surface area contributed by atoms with Gasteiger partial charge in [0.2, 0.25) is 5.89 Å². The Kier molecular flexibility index (Phi) is 5.10. The summed E-state index contributed by atoms with van der Waals surface area (Å²) in [4.78, 5) is 4.95. The molecule has 156 valence electrons. The summed E-state index contributed by atoms with van der Waals surface area (Å²) in [6, 6.07) is 17.2. The number of nitrogens with zero attached hydrogens (tertiary/aromatic N) is 2. The van der Waals surface area contributed by atoms with E-state index in [2.05, 4.69) is 67.5 Å². The highest BCUT2D eigenvalue weighted by atomic mass is 16.5. The van der Waals surface area contributed by atoms with Crippen molar-refractivity contribution >= 4 is 0 Å². The van der Waals surface area contributed by atoms with Gasteiger partial charge in [-0.15, -0.1) is 0 Å². The SMILES string of the molecule is CC(C)COc1ccc(C2(c3nc(C4CCc5ccccc5C4)no3)CCC2)cc1. The Morgan fingerprint density at radius 3 is 2.53 bits per heavy atom. The summed E-state index contributed by atoms with van der Waals surface area (Å²) in [6.07, 6.45) is 6.51. The van der Waals surface area contributed by atoms with Crippen LogP contribution < -0.4 is 4.74 Å². The molecule has 1 atom stereocenters. The van der Waals surface area contributed by atoms with Crippen LogP contribution in [0.5, 0.6) is 5.75 Å². The van der Waals surface area contributed by atoms with Gasteiger partial charge in [-0.2, -0.15) is 4.98 Å². The van der Waals surface area contributed by atoms with E-state index in [-0.39, 0.29) is 5.41 Å². The Balaban J connectivity index is 1.35. The summed E-state index contributed by atoms with van der Waals surface area (Å²) in [6.45, 7) is 5.06. The van der Waals surface area contributed by atoms with Gasteiger partial charge in [-0.3, -0.25) is 0 Å². The molecule has 2 aliphatic carbocycles. The van der Waals surface area contributed by atoms with Crippen molar-refractivity contribution in [3.05, 3.63) is 76.9 Å². The molecule has 3 aromatic rings. The number of fused-ring (bicyclic) bond motifs is 1. The maximum absolute atomic E-state index is 5.88. The lowest BCUT2D eigenvalue weighted by Gasteiger charge is -2.39. The van der Waals surface area contributed by atoms with Crippen LogP contribution in [0.1, 0.15) is 73.9 Å². The highest BCUT2D eigenvalue weighted by Gasteiger charge is 2.45. The van der Waals surface area contributed by atoms with Crippen molar-refractivity contribution in [3.8, 4) is 5.75 Å². The molecule has 1 heterocycles. The third-order valence-corrected chi connectivity index (χ3v) is 6.76. The Labute approximate surface area is 178 Å². The summed E-state index contributed by atoms with van der Waals surface area (Å²) < 4.78 is 11.7. The van der Waals surface area contributed by atoms with Gasteiger partial charge in [0.05, 0.1) is 12.0 Å². The normalized spacial score (nSPS) is 19.9. The zero-order valence-corrected chi connectivity index (χ0v) is 17.9. The fraction of sp³-hybridized carbons (Fsp3) is 0.462. The highest BCUT2D eigenvalue weighted by molar-refractivity contribution is 5.39. The summed E-state index contributed by atoms with van der Waals surface area (Å²) >= 11 is 0. The first-order valence-corrected chi connectivity index (χ1v) is 11.3. The largest absolute Gasteiger partial charge is 0.493 e. The number of aryl methyl sites for hydroxylation is 1. The lowest BCUT2D eigenvalue weighted by molar-refractivity contribution is 0.215. The van der Waals surface area contributed by atoms with Crippen LogP contribution in [0.15, 0.2) is 53.1 Å². The number of rotatable bonds is 6. The van der Waals surface area contributed by atoms with Crippen LogP contribution in [0.4, 0.5) is 0 Å². The number of hydrogen-bond acceptors (Lipinski definition) is 4. The molecular weight excluding hydrogens is 372 g/mol. The third-order valence-electron chi connectivity index (χ3n) is 6.76. The molecule has 2 aliphatic rings. The standard InChI is InChI=1S/C26H30N2O2/c1-18(2)17-29-23-12-10-22(11-13-23)26(14-5-15-26)25-27-24(28-30-25)21-9-8-19-6-3-4-7-20(19)16-21/h3-4,6-7,10-13,18,21H,5,8-9,14-17H2,1-2H3. The minimum absolute atomic E-state index is 0.131. The summed E-state index contributed by atoms with van der Waals surface area (Å²) in [5.74, 6) is 3.46. The zero-order chi connectivity index (χ0) is 20.6. The van der Waals surface area contributed by atoms with Crippen molar-refractivity contribution in [1.29, 1.82) is 0 Å². The molecule has 1 fully saturated rings. The molecular formula is C26H30N2O2. The second-order valence-corrected chi connectivity index (χ2v) is 9.33. The summed E-state index contributed by atoms with van der Waals surface area (Å²) in [5.41, 5.74) is 4.02. The van der Waals surface area contributed by atoms with E-state index >= 15 is 0 Å². The first kappa shape index (κ1) is 19.3. The minimum Gasteiger partial charge on any atom is -0.493 e. The molecule has 1 unspecified atom stereocenters. The molecule has 0 bridgehead atoms. The fourth-order valence-electron chi connectivity index (χ4n) is 4.80. The number of ether oxygens (including phenoxy) is 1. The Morgan fingerprint density at radius 2 is 1.83 bits per heavy atom. The molecule has 1 saturated carbocycles. The van der Waals surface area contributed by atoms with Gasteiger partial charge >= 0.3 is 0 Å². The Hall–Kier alpha value is -2.62. The summed E-state index contributed by atoms with van der Waals surface area (Å²) in [5, 5.41) is 4.44. The molecule has 4 nitrogen and oxygen atoms in total. The van der Waals surface area contributed by atoms with Crippen LogP contribution in [0, 0.1) is 5.92 Å². The Bertz CT molecular complexity index is 1000. The van der Waals surface area contributed by atoms with Crippen LogP contribution in [-0.4, -0.2) is 16.7 Å². The smallest absolute Gasteiger partial charge is 0.237 e. The van der Waals surface area contributed by atoms with Gasteiger partial charge in [-0.1, -0.05) is 61.8 Å². The van der Waals surface area contributed by atoms with E-state index in [4.69, 9.17) is 14.2 Å². The summed E-state index contributed by atoms with van der Waals surface area (Å²) in [7, 11) is 0. The van der Waals surface area contributed by atoms with E-state index in [0.29, 0.717) is 11.8 Å². The average Bonchev–Trinajstić information content (AvgIpc) is 3.22. The predicted octanol–water partition coefficient (Wildman–Crippen LogP) is 5.85. The molecule has 0 saturated heterocycles. The molecule has 4 heteroatoms. The minimum atomic E-state index is -0.131. The lowest BCUT2D eigenvalue weighted by atomic mass is 9.64. The van der Waals surface area contributed by atoms with Crippen LogP contribution in [0.3, 0.4) is 0 Å². The van der Waals surface area contributed by atoms with Crippen molar-refractivity contribution < 1.29 is 9.26 Å². The van der Waals surface area contributed by atoms with Gasteiger partial charge in [0.1, 0.15) is 5.75 Å². The van der Waals surface area contributed by atoms with Crippen LogP contribution in [0.2, 0.25) is 0 Å². The number of benzene rings is 2. The van der Waals surface area contributed by atoms with Gasteiger partial charge in [-0.05, 0) is 66.8 Å². The fourth-order valence-corrected chi connectivity index (χ4v) is 4.80. The molecule has 1 aromatic heterocycles. The second kappa shape index (κ2) is 7.90. The molecule has 0 aliphatic heterocycles. The van der Waals surface area contributed by atoms with E-state index in [1.54, 1.807) is 0 Å². The molecule has 0 radical (unpaired) electrons. The van der Waals surface area contributed by atoms with Crippen LogP contribution >= 0.6 is 0 Å². The van der Waals surface area contributed by atoms with E-state index < -0.39 is 0 Å². The number of hydrogen-bond donors (Lipinski definition) is 0. The molecule has 0 N–H and O–H groups in total. The molecule has 5 rings (SSSR count). The molecule has 0 spiro atoms. The van der Waals surface area contributed by atoms with Crippen molar-refractivity contribution in [3.63, 3.8) is 0 Å². The lowest BCUT2D eigenvalue weighted by Crippen LogP contribution is -2.35. The van der Waals surface area contributed by atoms with Gasteiger partial charge in [0.15, 0.2) is 5.82 Å². The zero-order valence-electron chi connectivity index (χ0n) is 17.9.